The van der Waals surface area contributed by atoms with Crippen molar-refractivity contribution in [2.24, 2.45) is 0 Å². The van der Waals surface area contributed by atoms with Crippen LogP contribution in [0.1, 0.15) is 42.8 Å². The molecule has 0 saturated carbocycles. The van der Waals surface area contributed by atoms with Crippen molar-refractivity contribution in [3.63, 3.8) is 0 Å². The zero-order chi connectivity index (χ0) is 17.8. The van der Waals surface area contributed by atoms with Gasteiger partial charge in [-0.3, -0.25) is 4.79 Å². The lowest BCUT2D eigenvalue weighted by Gasteiger charge is -2.28. The Morgan fingerprint density at radius 2 is 1.96 bits per heavy atom. The Labute approximate surface area is 152 Å². The molecule has 3 heterocycles. The van der Waals surface area contributed by atoms with Gasteiger partial charge in [-0.15, -0.1) is 0 Å². The molecule has 2 aliphatic heterocycles. The molecule has 26 heavy (non-hydrogen) atoms. The maximum Gasteiger partial charge on any atom is 0.316 e. The van der Waals surface area contributed by atoms with Crippen LogP contribution < -0.4 is 10.2 Å². The maximum atomic E-state index is 12.1. The van der Waals surface area contributed by atoms with Gasteiger partial charge in [0.15, 0.2) is 0 Å². The molecule has 1 atom stereocenters. The number of aromatic nitrogens is 2. The highest BCUT2D eigenvalue weighted by Crippen LogP contribution is 2.23. The number of nitrogens with one attached hydrogen (secondary N) is 1. The van der Waals surface area contributed by atoms with E-state index < -0.39 is 0 Å². The molecular weight excluding hydrogens is 332 g/mol. The van der Waals surface area contributed by atoms with Gasteiger partial charge in [0.25, 0.3) is 0 Å². The van der Waals surface area contributed by atoms with Gasteiger partial charge in [-0.2, -0.15) is 4.98 Å². The number of carbonyl (C=O) groups excluding carboxylic acids is 1. The minimum absolute atomic E-state index is 0.0156. The van der Waals surface area contributed by atoms with Crippen molar-refractivity contribution in [2.45, 2.75) is 38.2 Å². The molecule has 1 amide bonds. The SMILES string of the molecule is O=C(NCC1CCCO1)c1nc(-c2ccc(N3CCCCC3)cc2)no1. The van der Waals surface area contributed by atoms with Crippen LogP contribution >= 0.6 is 0 Å². The molecule has 0 bridgehead atoms. The smallest absolute Gasteiger partial charge is 0.316 e. The summed E-state index contributed by atoms with van der Waals surface area (Å²) in [6.45, 7) is 3.45. The number of carbonyl (C=O) groups is 1. The van der Waals surface area contributed by atoms with E-state index in [9.17, 15) is 4.79 Å². The Kier molecular flexibility index (Phi) is 5.15. The van der Waals surface area contributed by atoms with E-state index in [2.05, 4.69) is 32.5 Å². The molecule has 2 aliphatic rings. The summed E-state index contributed by atoms with van der Waals surface area (Å²) in [4.78, 5) is 18.8. The Bertz CT molecular complexity index is 731. The molecule has 1 unspecified atom stereocenters. The lowest BCUT2D eigenvalue weighted by molar-refractivity contribution is 0.0822. The number of amides is 1. The Balaban J connectivity index is 1.38. The van der Waals surface area contributed by atoms with Gasteiger partial charge >= 0.3 is 11.8 Å². The second-order valence-corrected chi connectivity index (χ2v) is 6.86. The van der Waals surface area contributed by atoms with Gasteiger partial charge in [0.2, 0.25) is 5.82 Å². The van der Waals surface area contributed by atoms with Crippen LogP contribution in [0.2, 0.25) is 0 Å². The van der Waals surface area contributed by atoms with Crippen molar-refractivity contribution in [2.75, 3.05) is 31.1 Å². The van der Waals surface area contributed by atoms with Gasteiger partial charge in [-0.05, 0) is 56.4 Å². The van der Waals surface area contributed by atoms with Crippen LogP contribution in [0, 0.1) is 0 Å². The largest absolute Gasteiger partial charge is 0.376 e. The predicted molar refractivity (Wildman–Crippen MR) is 97.1 cm³/mol. The van der Waals surface area contributed by atoms with E-state index >= 15 is 0 Å². The third-order valence-electron chi connectivity index (χ3n) is 4.98. The fourth-order valence-corrected chi connectivity index (χ4v) is 3.49. The summed E-state index contributed by atoms with van der Waals surface area (Å²) in [6, 6.07) is 8.11. The van der Waals surface area contributed by atoms with Crippen LogP contribution in [0.3, 0.4) is 0 Å². The number of hydrogen-bond donors (Lipinski definition) is 1. The van der Waals surface area contributed by atoms with E-state index in [-0.39, 0.29) is 17.9 Å². The average molecular weight is 356 g/mol. The lowest BCUT2D eigenvalue weighted by atomic mass is 10.1. The minimum Gasteiger partial charge on any atom is -0.376 e. The molecule has 2 saturated heterocycles. The quantitative estimate of drug-likeness (QED) is 0.887. The molecule has 2 aromatic rings. The van der Waals surface area contributed by atoms with Gasteiger partial charge in [0.1, 0.15) is 0 Å². The summed E-state index contributed by atoms with van der Waals surface area (Å²) in [7, 11) is 0. The summed E-state index contributed by atoms with van der Waals surface area (Å²) in [5.41, 5.74) is 2.05. The summed E-state index contributed by atoms with van der Waals surface area (Å²) in [5, 5.41) is 6.73. The maximum absolute atomic E-state index is 12.1. The zero-order valence-electron chi connectivity index (χ0n) is 14.8. The van der Waals surface area contributed by atoms with E-state index in [1.807, 2.05) is 12.1 Å². The average Bonchev–Trinajstić information content (AvgIpc) is 3.39. The second-order valence-electron chi connectivity index (χ2n) is 6.86. The van der Waals surface area contributed by atoms with Crippen LogP contribution in [0.25, 0.3) is 11.4 Å². The molecule has 0 spiro atoms. The third-order valence-corrected chi connectivity index (χ3v) is 4.98. The first-order valence-electron chi connectivity index (χ1n) is 9.38. The van der Waals surface area contributed by atoms with Crippen LogP contribution in [-0.4, -0.2) is 48.4 Å². The van der Waals surface area contributed by atoms with Gasteiger partial charge in [0.05, 0.1) is 6.10 Å². The van der Waals surface area contributed by atoms with Crippen molar-refractivity contribution in [1.82, 2.24) is 15.5 Å². The molecule has 1 aromatic carbocycles. The van der Waals surface area contributed by atoms with E-state index in [4.69, 9.17) is 9.26 Å². The number of anilines is 1. The van der Waals surface area contributed by atoms with Crippen molar-refractivity contribution < 1.29 is 14.1 Å². The minimum atomic E-state index is -0.357. The van der Waals surface area contributed by atoms with Crippen molar-refractivity contribution in [3.8, 4) is 11.4 Å². The fraction of sp³-hybridized carbons (Fsp3) is 0.526. The Hall–Kier alpha value is -2.41. The van der Waals surface area contributed by atoms with Crippen molar-refractivity contribution in [1.29, 1.82) is 0 Å². The highest BCUT2D eigenvalue weighted by Gasteiger charge is 2.20. The number of rotatable bonds is 5. The first-order valence-corrected chi connectivity index (χ1v) is 9.38. The lowest BCUT2D eigenvalue weighted by Crippen LogP contribution is -2.31. The highest BCUT2D eigenvalue weighted by molar-refractivity contribution is 5.89. The molecule has 7 nitrogen and oxygen atoms in total. The molecule has 4 rings (SSSR count). The standard InChI is InChI=1S/C19H24N4O3/c24-18(20-13-16-5-4-12-25-16)19-21-17(22-26-19)14-6-8-15(9-7-14)23-10-2-1-3-11-23/h6-9,16H,1-5,10-13H2,(H,20,24). The van der Waals surface area contributed by atoms with Gasteiger partial charge in [-0.25, -0.2) is 0 Å². The summed E-state index contributed by atoms with van der Waals surface area (Å²) < 4.78 is 10.6. The van der Waals surface area contributed by atoms with Crippen molar-refractivity contribution >= 4 is 11.6 Å². The van der Waals surface area contributed by atoms with Crippen LogP contribution in [0.15, 0.2) is 28.8 Å². The molecule has 7 heteroatoms. The molecule has 1 aromatic heterocycles. The number of nitrogens with zero attached hydrogens (tertiary/aromatic N) is 3. The van der Waals surface area contributed by atoms with Gasteiger partial charge in [-0.1, -0.05) is 5.16 Å². The molecule has 138 valence electrons. The normalized spacial score (nSPS) is 20.3. The molecule has 1 N–H and O–H groups in total. The summed E-state index contributed by atoms with van der Waals surface area (Å²) >= 11 is 0. The van der Waals surface area contributed by atoms with E-state index in [1.165, 1.54) is 24.9 Å². The topological polar surface area (TPSA) is 80.5 Å². The zero-order valence-corrected chi connectivity index (χ0v) is 14.8. The van der Waals surface area contributed by atoms with Crippen LogP contribution in [0.4, 0.5) is 5.69 Å². The van der Waals surface area contributed by atoms with Gasteiger partial charge in [0, 0.05) is 37.5 Å². The number of benzene rings is 1. The number of ether oxygens (including phenoxy) is 1. The summed E-state index contributed by atoms with van der Waals surface area (Å²) in [6.07, 6.45) is 5.91. The molecule has 0 aliphatic carbocycles. The number of hydrogen-bond acceptors (Lipinski definition) is 6. The Morgan fingerprint density at radius 3 is 2.69 bits per heavy atom. The highest BCUT2D eigenvalue weighted by atomic mass is 16.5. The van der Waals surface area contributed by atoms with E-state index in [0.717, 1.165) is 38.1 Å². The Morgan fingerprint density at radius 1 is 1.15 bits per heavy atom. The van der Waals surface area contributed by atoms with Gasteiger partial charge < -0.3 is 19.5 Å². The first kappa shape index (κ1) is 17.0. The third kappa shape index (κ3) is 3.88. The van der Waals surface area contributed by atoms with Crippen molar-refractivity contribution in [3.05, 3.63) is 30.2 Å². The molecule has 0 radical (unpaired) electrons. The first-order chi connectivity index (χ1) is 12.8. The monoisotopic (exact) mass is 356 g/mol. The fourth-order valence-electron chi connectivity index (χ4n) is 3.49. The summed E-state index contributed by atoms with van der Waals surface area (Å²) in [5.74, 6) is 0.0553. The van der Waals surface area contributed by atoms with E-state index in [0.29, 0.717) is 12.4 Å². The van der Waals surface area contributed by atoms with Crippen LogP contribution in [0.5, 0.6) is 0 Å². The molecule has 2 fully saturated rings. The number of piperidine rings is 1. The second kappa shape index (κ2) is 7.86. The predicted octanol–water partition coefficient (Wildman–Crippen LogP) is 2.64. The van der Waals surface area contributed by atoms with Crippen LogP contribution in [-0.2, 0) is 4.74 Å². The molecular formula is C19H24N4O3. The van der Waals surface area contributed by atoms with E-state index in [1.54, 1.807) is 0 Å².